The van der Waals surface area contributed by atoms with Crippen LogP contribution < -0.4 is 0 Å². The molecule has 0 amide bonds. The molecular formula is C3H3O3S-. The Morgan fingerprint density at radius 1 is 1.71 bits per heavy atom. The standard InChI is InChI=1S/C3H4O3S/c1-2-3-7(4,5)6/h1H,3H2,(H,4,5,6)/p-1. The maximum absolute atomic E-state index is 9.53. The topological polar surface area (TPSA) is 57.2 Å². The van der Waals surface area contributed by atoms with E-state index in [4.69, 9.17) is 0 Å². The van der Waals surface area contributed by atoms with Crippen molar-refractivity contribution >= 4 is 10.1 Å². The van der Waals surface area contributed by atoms with Crippen LogP contribution in [0.4, 0.5) is 0 Å². The van der Waals surface area contributed by atoms with Crippen molar-refractivity contribution in [2.24, 2.45) is 0 Å². The van der Waals surface area contributed by atoms with Gasteiger partial charge in [-0.25, -0.2) is 8.42 Å². The van der Waals surface area contributed by atoms with Crippen LogP contribution in [-0.4, -0.2) is 18.7 Å². The number of rotatable bonds is 1. The molecule has 0 N–H and O–H groups in total. The van der Waals surface area contributed by atoms with Gasteiger partial charge in [0.2, 0.25) is 0 Å². The Morgan fingerprint density at radius 2 is 2.14 bits per heavy atom. The monoisotopic (exact) mass is 119 g/mol. The fourth-order valence-corrected chi connectivity index (χ4v) is 0.306. The predicted octanol–water partition coefficient (Wildman–Crippen LogP) is -0.835. The van der Waals surface area contributed by atoms with Gasteiger partial charge in [0.15, 0.2) is 0 Å². The van der Waals surface area contributed by atoms with E-state index in [9.17, 15) is 13.0 Å². The summed E-state index contributed by atoms with van der Waals surface area (Å²) in [5.74, 6) is 0.992. The van der Waals surface area contributed by atoms with E-state index >= 15 is 0 Å². The van der Waals surface area contributed by atoms with E-state index in [0.29, 0.717) is 0 Å². The van der Waals surface area contributed by atoms with Gasteiger partial charge >= 0.3 is 0 Å². The number of hydrogen-bond donors (Lipinski definition) is 0. The molecule has 0 saturated heterocycles. The molecule has 0 radical (unpaired) electrons. The quantitative estimate of drug-likeness (QED) is 0.334. The molecule has 0 saturated carbocycles. The summed E-state index contributed by atoms with van der Waals surface area (Å²) >= 11 is 0. The lowest BCUT2D eigenvalue weighted by molar-refractivity contribution is 0.467. The zero-order valence-corrected chi connectivity index (χ0v) is 4.23. The fraction of sp³-hybridized carbons (Fsp3) is 0.333. The first kappa shape index (κ1) is 6.47. The van der Waals surface area contributed by atoms with Crippen LogP contribution in [0.3, 0.4) is 0 Å². The molecule has 4 heteroatoms. The predicted molar refractivity (Wildman–Crippen MR) is 23.4 cm³/mol. The van der Waals surface area contributed by atoms with Crippen LogP contribution in [0.2, 0.25) is 0 Å². The van der Waals surface area contributed by atoms with E-state index in [1.54, 1.807) is 5.92 Å². The van der Waals surface area contributed by atoms with Crippen molar-refractivity contribution in [2.75, 3.05) is 5.75 Å². The van der Waals surface area contributed by atoms with Gasteiger partial charge in [-0.3, -0.25) is 0 Å². The summed E-state index contributed by atoms with van der Waals surface area (Å²) in [4.78, 5) is 0. The average molecular weight is 119 g/mol. The summed E-state index contributed by atoms with van der Waals surface area (Å²) in [6, 6.07) is 0. The maximum atomic E-state index is 9.53. The number of hydrogen-bond acceptors (Lipinski definition) is 3. The van der Waals surface area contributed by atoms with Crippen LogP contribution in [-0.2, 0) is 10.1 Å². The molecule has 40 valence electrons. The first-order valence-electron chi connectivity index (χ1n) is 1.43. The minimum absolute atomic E-state index is 0.715. The van der Waals surface area contributed by atoms with Crippen molar-refractivity contribution in [1.29, 1.82) is 0 Å². The van der Waals surface area contributed by atoms with Gasteiger partial charge in [0.25, 0.3) is 0 Å². The van der Waals surface area contributed by atoms with Crippen molar-refractivity contribution in [3.05, 3.63) is 0 Å². The Bertz CT molecular complexity index is 171. The Hall–Kier alpha value is -0.530. The molecule has 0 aliphatic carbocycles. The van der Waals surface area contributed by atoms with E-state index < -0.39 is 15.9 Å². The van der Waals surface area contributed by atoms with E-state index in [-0.39, 0.29) is 0 Å². The second-order valence-electron chi connectivity index (χ2n) is 0.906. The maximum Gasteiger partial charge on any atom is 0.106 e. The van der Waals surface area contributed by atoms with Gasteiger partial charge in [-0.1, -0.05) is 5.92 Å². The molecule has 0 rings (SSSR count). The highest BCUT2D eigenvalue weighted by molar-refractivity contribution is 7.85. The molecule has 0 bridgehead atoms. The first-order valence-corrected chi connectivity index (χ1v) is 3.01. The Kier molecular flexibility index (Phi) is 1.81. The molecular weight excluding hydrogens is 116 g/mol. The van der Waals surface area contributed by atoms with Crippen LogP contribution in [0.1, 0.15) is 0 Å². The lowest BCUT2D eigenvalue weighted by atomic mass is 10.8. The molecule has 7 heavy (non-hydrogen) atoms. The smallest absolute Gasteiger partial charge is 0.106 e. The molecule has 0 aliphatic heterocycles. The van der Waals surface area contributed by atoms with Gasteiger partial charge in [0, 0.05) is 0 Å². The minimum atomic E-state index is -4.16. The Labute approximate surface area is 42.1 Å². The highest BCUT2D eigenvalue weighted by Gasteiger charge is 1.84. The van der Waals surface area contributed by atoms with E-state index in [1.165, 1.54) is 0 Å². The molecule has 0 fully saturated rings. The third-order valence-corrected chi connectivity index (χ3v) is 0.780. The van der Waals surface area contributed by atoms with Crippen LogP contribution in [0, 0.1) is 12.3 Å². The van der Waals surface area contributed by atoms with Crippen molar-refractivity contribution in [3.63, 3.8) is 0 Å². The normalized spacial score (nSPS) is 10.3. The van der Waals surface area contributed by atoms with Crippen LogP contribution in [0.15, 0.2) is 0 Å². The summed E-state index contributed by atoms with van der Waals surface area (Å²) in [6.07, 6.45) is 4.49. The SMILES string of the molecule is C#CCS(=O)(=O)[O-]. The molecule has 0 heterocycles. The Morgan fingerprint density at radius 3 is 2.14 bits per heavy atom. The highest BCUT2D eigenvalue weighted by Crippen LogP contribution is 1.74. The van der Waals surface area contributed by atoms with Gasteiger partial charge in [-0.2, -0.15) is 0 Å². The largest absolute Gasteiger partial charge is 0.747 e. The van der Waals surface area contributed by atoms with Crippen LogP contribution in [0.5, 0.6) is 0 Å². The fourth-order valence-electron chi connectivity index (χ4n) is 0.102. The van der Waals surface area contributed by atoms with Gasteiger partial charge in [0.05, 0.1) is 5.75 Å². The molecule has 0 atom stereocenters. The second-order valence-corrected chi connectivity index (χ2v) is 2.31. The number of terminal acetylenes is 1. The molecule has 0 aromatic carbocycles. The molecule has 0 aromatic rings. The summed E-state index contributed by atoms with van der Waals surface area (Å²) in [7, 11) is -4.16. The Balaban J connectivity index is 3.92. The third-order valence-electron chi connectivity index (χ3n) is 0.260. The van der Waals surface area contributed by atoms with Crippen molar-refractivity contribution < 1.29 is 13.0 Å². The van der Waals surface area contributed by atoms with Crippen molar-refractivity contribution in [3.8, 4) is 12.3 Å². The van der Waals surface area contributed by atoms with Crippen LogP contribution >= 0.6 is 0 Å². The first-order chi connectivity index (χ1) is 3.06. The van der Waals surface area contributed by atoms with Crippen molar-refractivity contribution in [2.45, 2.75) is 0 Å². The second kappa shape index (κ2) is 1.96. The molecule has 3 nitrogen and oxygen atoms in total. The zero-order valence-electron chi connectivity index (χ0n) is 3.42. The minimum Gasteiger partial charge on any atom is -0.747 e. The summed E-state index contributed by atoms with van der Waals surface area (Å²) in [5.41, 5.74) is 0. The van der Waals surface area contributed by atoms with Crippen LogP contribution in [0.25, 0.3) is 0 Å². The lowest BCUT2D eigenvalue weighted by Gasteiger charge is -1.97. The average Bonchev–Trinajstić information content (AvgIpc) is 1.30. The molecule has 0 spiro atoms. The summed E-state index contributed by atoms with van der Waals surface area (Å²) in [6.45, 7) is 0. The van der Waals surface area contributed by atoms with E-state index in [2.05, 4.69) is 6.42 Å². The molecule has 0 aromatic heterocycles. The lowest BCUT2D eigenvalue weighted by Crippen LogP contribution is -2.00. The van der Waals surface area contributed by atoms with Gasteiger partial charge in [0.1, 0.15) is 10.1 Å². The van der Waals surface area contributed by atoms with E-state index in [1.807, 2.05) is 0 Å². The van der Waals surface area contributed by atoms with Gasteiger partial charge < -0.3 is 4.55 Å². The van der Waals surface area contributed by atoms with Crippen molar-refractivity contribution in [1.82, 2.24) is 0 Å². The third kappa shape index (κ3) is 5.47. The van der Waals surface area contributed by atoms with Gasteiger partial charge in [-0.15, -0.1) is 6.42 Å². The zero-order chi connectivity index (χ0) is 5.91. The summed E-state index contributed by atoms with van der Waals surface area (Å²) in [5, 5.41) is 0. The van der Waals surface area contributed by atoms with E-state index in [0.717, 1.165) is 0 Å². The summed E-state index contributed by atoms with van der Waals surface area (Å²) < 4.78 is 28.6. The molecule has 0 aliphatic rings. The highest BCUT2D eigenvalue weighted by atomic mass is 32.2. The van der Waals surface area contributed by atoms with Gasteiger partial charge in [-0.05, 0) is 0 Å². The molecule has 0 unspecified atom stereocenters.